The van der Waals surface area contributed by atoms with Gasteiger partial charge in [-0.3, -0.25) is 0 Å². The molecule has 0 unspecified atom stereocenters. The molecule has 0 saturated carbocycles. The molecule has 2 aromatic heterocycles. The Labute approximate surface area is 85.6 Å². The van der Waals surface area contributed by atoms with Gasteiger partial charge in [0, 0.05) is 19.0 Å². The summed E-state index contributed by atoms with van der Waals surface area (Å²) in [5, 5.41) is 14.2. The molecule has 3 N–H and O–H groups in total. The highest BCUT2D eigenvalue weighted by Crippen LogP contribution is 2.07. The van der Waals surface area contributed by atoms with Gasteiger partial charge in [0.05, 0.1) is 6.54 Å². The molecule has 0 atom stereocenters. The maximum absolute atomic E-state index is 5.35. The number of anilines is 1. The Kier molecular flexibility index (Phi) is 2.93. The smallest absolute Gasteiger partial charge is 0.315 e. The van der Waals surface area contributed by atoms with E-state index in [2.05, 4.69) is 25.2 Å². The van der Waals surface area contributed by atoms with Crippen molar-refractivity contribution >= 4 is 6.01 Å². The molecule has 80 valence electrons. The number of nitrogens with zero attached hydrogens (tertiary/aromatic N) is 3. The van der Waals surface area contributed by atoms with Gasteiger partial charge in [-0.2, -0.15) is 0 Å². The van der Waals surface area contributed by atoms with Crippen molar-refractivity contribution in [3.05, 3.63) is 23.9 Å². The second-order valence-corrected chi connectivity index (χ2v) is 2.88. The van der Waals surface area contributed by atoms with Crippen molar-refractivity contribution in [1.29, 1.82) is 0 Å². The van der Waals surface area contributed by atoms with Crippen LogP contribution in [0.15, 0.2) is 21.3 Å². The van der Waals surface area contributed by atoms with E-state index in [0.29, 0.717) is 31.4 Å². The molecule has 0 aliphatic carbocycles. The van der Waals surface area contributed by atoms with Crippen LogP contribution in [0.5, 0.6) is 0 Å². The lowest BCUT2D eigenvalue weighted by atomic mass is 10.4. The Hall–Kier alpha value is -1.89. The van der Waals surface area contributed by atoms with Gasteiger partial charge in [-0.25, -0.2) is 0 Å². The van der Waals surface area contributed by atoms with Crippen LogP contribution in [-0.4, -0.2) is 21.9 Å². The molecule has 0 saturated heterocycles. The van der Waals surface area contributed by atoms with Crippen LogP contribution in [0.1, 0.15) is 11.6 Å². The van der Waals surface area contributed by atoms with Crippen LogP contribution in [0, 0.1) is 0 Å². The summed E-state index contributed by atoms with van der Waals surface area (Å²) in [7, 11) is 0. The quantitative estimate of drug-likeness (QED) is 0.723. The molecule has 2 rings (SSSR count). The van der Waals surface area contributed by atoms with Crippen LogP contribution in [0.25, 0.3) is 0 Å². The highest BCUT2D eigenvalue weighted by Gasteiger charge is 2.05. The van der Waals surface area contributed by atoms with Crippen molar-refractivity contribution < 1.29 is 8.94 Å². The molecule has 0 aromatic carbocycles. The van der Waals surface area contributed by atoms with E-state index in [1.807, 2.05) is 0 Å². The largest absolute Gasteiger partial charge is 0.408 e. The van der Waals surface area contributed by atoms with Crippen molar-refractivity contribution in [3.8, 4) is 0 Å². The molecule has 7 nitrogen and oxygen atoms in total. The first-order valence-corrected chi connectivity index (χ1v) is 4.54. The zero-order chi connectivity index (χ0) is 10.5. The second kappa shape index (κ2) is 4.56. The molecule has 0 amide bonds. The van der Waals surface area contributed by atoms with Gasteiger partial charge in [0.25, 0.3) is 0 Å². The number of aromatic nitrogens is 3. The van der Waals surface area contributed by atoms with Gasteiger partial charge >= 0.3 is 6.01 Å². The van der Waals surface area contributed by atoms with E-state index in [1.54, 1.807) is 6.07 Å². The van der Waals surface area contributed by atoms with Crippen LogP contribution >= 0.6 is 0 Å². The lowest BCUT2D eigenvalue weighted by Crippen LogP contribution is -2.02. The summed E-state index contributed by atoms with van der Waals surface area (Å²) in [6, 6.07) is 2.12. The highest BCUT2D eigenvalue weighted by atomic mass is 16.5. The summed E-state index contributed by atoms with van der Waals surface area (Å²) in [6.07, 6.45) is 2.09. The molecule has 15 heavy (non-hydrogen) atoms. The fourth-order valence-electron chi connectivity index (χ4n) is 1.04. The van der Waals surface area contributed by atoms with Crippen molar-refractivity contribution in [2.45, 2.75) is 13.0 Å². The lowest BCUT2D eigenvalue weighted by molar-refractivity contribution is 0.412. The highest BCUT2D eigenvalue weighted by molar-refractivity contribution is 5.18. The van der Waals surface area contributed by atoms with Gasteiger partial charge in [0.2, 0.25) is 5.89 Å². The zero-order valence-corrected chi connectivity index (χ0v) is 8.01. The van der Waals surface area contributed by atoms with E-state index in [-0.39, 0.29) is 0 Å². The van der Waals surface area contributed by atoms with Crippen molar-refractivity contribution in [2.24, 2.45) is 5.73 Å². The van der Waals surface area contributed by atoms with Crippen LogP contribution in [-0.2, 0) is 13.0 Å². The first-order chi connectivity index (χ1) is 7.38. The maximum atomic E-state index is 5.35. The van der Waals surface area contributed by atoms with Crippen molar-refractivity contribution in [3.63, 3.8) is 0 Å². The van der Waals surface area contributed by atoms with Crippen molar-refractivity contribution in [2.75, 3.05) is 11.9 Å². The summed E-state index contributed by atoms with van der Waals surface area (Å²) in [5.41, 5.74) is 6.12. The predicted molar refractivity (Wildman–Crippen MR) is 50.9 cm³/mol. The van der Waals surface area contributed by atoms with Gasteiger partial charge in [-0.1, -0.05) is 10.3 Å². The van der Waals surface area contributed by atoms with Crippen LogP contribution in [0.3, 0.4) is 0 Å². The first-order valence-electron chi connectivity index (χ1n) is 4.54. The average Bonchev–Trinajstić information content (AvgIpc) is 2.85. The number of nitrogens with two attached hydrogens (primary N) is 1. The van der Waals surface area contributed by atoms with Gasteiger partial charge < -0.3 is 20.0 Å². The van der Waals surface area contributed by atoms with Gasteiger partial charge in [-0.15, -0.1) is 5.10 Å². The number of hydrogen-bond donors (Lipinski definition) is 2. The normalized spacial score (nSPS) is 10.5. The lowest BCUT2D eigenvalue weighted by Gasteiger charge is -1.95. The molecule has 0 bridgehead atoms. The molecule has 0 aliphatic rings. The molecular formula is C8H11N5O2. The molecule has 7 heteroatoms. The van der Waals surface area contributed by atoms with Gasteiger partial charge in [0.15, 0.2) is 0 Å². The Bertz CT molecular complexity index is 397. The monoisotopic (exact) mass is 209 g/mol. The molecule has 2 aromatic rings. The van der Waals surface area contributed by atoms with Crippen LogP contribution in [0.4, 0.5) is 6.01 Å². The summed E-state index contributed by atoms with van der Waals surface area (Å²) < 4.78 is 9.92. The summed E-state index contributed by atoms with van der Waals surface area (Å²) in [4.78, 5) is 0. The summed E-state index contributed by atoms with van der Waals surface area (Å²) in [6.45, 7) is 0.978. The minimum absolute atomic E-state index is 0.362. The van der Waals surface area contributed by atoms with E-state index in [4.69, 9.17) is 10.2 Å². The molecule has 0 aliphatic heterocycles. The minimum atomic E-state index is 0.362. The number of hydrogen-bond acceptors (Lipinski definition) is 7. The minimum Gasteiger partial charge on any atom is -0.408 e. The zero-order valence-electron chi connectivity index (χ0n) is 8.01. The third-order valence-electron chi connectivity index (χ3n) is 1.74. The standard InChI is InChI=1S/C8H11N5O2/c9-3-1-7-11-12-8(15-7)10-5-6-2-4-14-13-6/h2,4H,1,3,5,9H2,(H,10,12). The average molecular weight is 209 g/mol. The predicted octanol–water partition coefficient (Wildman–Crippen LogP) is 0.171. The van der Waals surface area contributed by atoms with Crippen LogP contribution in [0.2, 0.25) is 0 Å². The van der Waals surface area contributed by atoms with Gasteiger partial charge in [-0.05, 0) is 0 Å². The molecule has 0 spiro atoms. The SMILES string of the molecule is NCCc1nnc(NCc2ccon2)o1. The molecular weight excluding hydrogens is 198 g/mol. The number of rotatable bonds is 5. The van der Waals surface area contributed by atoms with Gasteiger partial charge in [0.1, 0.15) is 12.0 Å². The van der Waals surface area contributed by atoms with E-state index in [9.17, 15) is 0 Å². The molecule has 0 fully saturated rings. The third kappa shape index (κ3) is 2.53. The van der Waals surface area contributed by atoms with Crippen molar-refractivity contribution in [1.82, 2.24) is 15.4 Å². The Morgan fingerprint density at radius 1 is 1.40 bits per heavy atom. The second-order valence-electron chi connectivity index (χ2n) is 2.88. The Morgan fingerprint density at radius 3 is 3.07 bits per heavy atom. The Morgan fingerprint density at radius 2 is 2.33 bits per heavy atom. The van der Waals surface area contributed by atoms with E-state index >= 15 is 0 Å². The first kappa shape index (κ1) is 9.66. The van der Waals surface area contributed by atoms with E-state index in [1.165, 1.54) is 6.26 Å². The molecule has 2 heterocycles. The maximum Gasteiger partial charge on any atom is 0.315 e. The summed E-state index contributed by atoms with van der Waals surface area (Å²) in [5.74, 6) is 0.528. The Balaban J connectivity index is 1.88. The molecule has 0 radical (unpaired) electrons. The summed E-state index contributed by atoms with van der Waals surface area (Å²) >= 11 is 0. The fourth-order valence-corrected chi connectivity index (χ4v) is 1.04. The number of nitrogens with one attached hydrogen (secondary N) is 1. The third-order valence-corrected chi connectivity index (χ3v) is 1.74. The fraction of sp³-hybridized carbons (Fsp3) is 0.375. The van der Waals surface area contributed by atoms with Crippen LogP contribution < -0.4 is 11.1 Å². The topological polar surface area (TPSA) is 103 Å². The van der Waals surface area contributed by atoms with E-state index in [0.717, 1.165) is 5.69 Å². The van der Waals surface area contributed by atoms with E-state index < -0.39 is 0 Å².